The van der Waals surface area contributed by atoms with Gasteiger partial charge in [0.1, 0.15) is 12.4 Å². The van der Waals surface area contributed by atoms with Gasteiger partial charge in [-0.1, -0.05) is 93.9 Å². The molecule has 0 aromatic heterocycles. The van der Waals surface area contributed by atoms with Crippen molar-refractivity contribution >= 4 is 24.7 Å². The molecule has 0 N–H and O–H groups in total. The number of carbonyl (C=O) groups excluding carboxylic acids is 1. The van der Waals surface area contributed by atoms with Crippen molar-refractivity contribution in [3.63, 3.8) is 0 Å². The van der Waals surface area contributed by atoms with E-state index in [4.69, 9.17) is 13.9 Å². The fourth-order valence-electron chi connectivity index (χ4n) is 5.41. The molecule has 2 aromatic rings. The molecule has 5 heteroatoms. The predicted octanol–water partition coefficient (Wildman–Crippen LogP) is 5.36. The second-order valence-corrected chi connectivity index (χ2v) is 15.1. The number of allylic oxidation sites excluding steroid dienone is 1. The minimum atomic E-state index is -2.75. The van der Waals surface area contributed by atoms with Crippen LogP contribution in [0, 0.1) is 5.92 Å². The molecular formula is C29H38O4Si. The Balaban J connectivity index is 1.60. The Morgan fingerprint density at radius 2 is 1.59 bits per heavy atom. The normalized spacial score (nSPS) is 25.6. The average Bonchev–Trinajstić information content (AvgIpc) is 3.18. The minimum Gasteiger partial charge on any atom is -0.456 e. The fourth-order valence-corrected chi connectivity index (χ4v) is 9.97. The lowest BCUT2D eigenvalue weighted by Gasteiger charge is -2.44. The Kier molecular flexibility index (Phi) is 7.46. The minimum absolute atomic E-state index is 0.0318. The first-order valence-corrected chi connectivity index (χ1v) is 14.4. The van der Waals surface area contributed by atoms with Crippen molar-refractivity contribution in [2.45, 2.75) is 83.8 Å². The molecule has 2 aromatic carbocycles. The van der Waals surface area contributed by atoms with E-state index in [-0.39, 0.29) is 23.0 Å². The van der Waals surface area contributed by atoms with Gasteiger partial charge in [0.25, 0.3) is 8.32 Å². The van der Waals surface area contributed by atoms with E-state index in [1.807, 2.05) is 12.1 Å². The summed E-state index contributed by atoms with van der Waals surface area (Å²) in [7, 11) is -2.75. The van der Waals surface area contributed by atoms with Crippen molar-refractivity contribution in [1.29, 1.82) is 0 Å². The Bertz CT molecular complexity index is 956. The van der Waals surface area contributed by atoms with Gasteiger partial charge in [0.2, 0.25) is 0 Å². The summed E-state index contributed by atoms with van der Waals surface area (Å²) in [4.78, 5) is 13.1. The van der Waals surface area contributed by atoms with Gasteiger partial charge in [-0.3, -0.25) is 0 Å². The summed E-state index contributed by atoms with van der Waals surface area (Å²) in [6.07, 6.45) is 4.57. The van der Waals surface area contributed by atoms with Gasteiger partial charge in [0.15, 0.2) is 6.10 Å². The molecule has 0 bridgehead atoms. The second-order valence-electron chi connectivity index (χ2n) is 10.9. The number of benzene rings is 2. The maximum absolute atomic E-state index is 13.1. The Labute approximate surface area is 205 Å². The molecular weight excluding hydrogens is 440 g/mol. The highest BCUT2D eigenvalue weighted by Crippen LogP contribution is 2.40. The third kappa shape index (κ3) is 5.07. The Hall–Kier alpha value is -2.21. The standard InChI is InChI=1S/C29H38O4Si/c1-21-13-12-14-23(19-21)31-28(30)27-22(2)20-26(32-27)33-34(29(3,4)5,24-15-8-6-9-16-24)25-17-10-7-11-18-25/h6-11,15-19,22-23,26-27H,12-14,20H2,1-5H3/t22-,23-,26-,27-/m1/s1. The lowest BCUT2D eigenvalue weighted by molar-refractivity contribution is -0.168. The Morgan fingerprint density at radius 1 is 1.00 bits per heavy atom. The summed E-state index contributed by atoms with van der Waals surface area (Å²) >= 11 is 0. The van der Waals surface area contributed by atoms with Crippen LogP contribution in [0.5, 0.6) is 0 Å². The van der Waals surface area contributed by atoms with Crippen molar-refractivity contribution in [2.24, 2.45) is 5.92 Å². The van der Waals surface area contributed by atoms with Crippen LogP contribution in [0.3, 0.4) is 0 Å². The zero-order valence-corrected chi connectivity index (χ0v) is 22.1. The van der Waals surface area contributed by atoms with E-state index < -0.39 is 20.7 Å². The first kappa shape index (κ1) is 24.9. The quantitative estimate of drug-likeness (QED) is 0.319. The zero-order chi connectivity index (χ0) is 24.3. The van der Waals surface area contributed by atoms with Crippen LogP contribution in [0.2, 0.25) is 5.04 Å². The first-order chi connectivity index (χ1) is 16.2. The van der Waals surface area contributed by atoms with Gasteiger partial charge in [-0.2, -0.15) is 0 Å². The van der Waals surface area contributed by atoms with Gasteiger partial charge in [-0.15, -0.1) is 0 Å². The van der Waals surface area contributed by atoms with Gasteiger partial charge in [0, 0.05) is 6.42 Å². The molecule has 0 radical (unpaired) electrons. The van der Waals surface area contributed by atoms with Gasteiger partial charge in [-0.05, 0) is 53.6 Å². The highest BCUT2D eigenvalue weighted by atomic mass is 28.4. The summed E-state index contributed by atoms with van der Waals surface area (Å²) in [5, 5.41) is 2.27. The van der Waals surface area contributed by atoms with Crippen molar-refractivity contribution in [2.75, 3.05) is 0 Å². The summed E-state index contributed by atoms with van der Waals surface area (Å²) in [6.45, 7) is 10.9. The Morgan fingerprint density at radius 3 is 2.12 bits per heavy atom. The van der Waals surface area contributed by atoms with Crippen LogP contribution in [-0.4, -0.2) is 32.8 Å². The number of rotatable bonds is 6. The van der Waals surface area contributed by atoms with Crippen LogP contribution < -0.4 is 10.4 Å². The number of esters is 1. The van der Waals surface area contributed by atoms with Crippen molar-refractivity contribution < 1.29 is 18.7 Å². The molecule has 0 unspecified atom stereocenters. The summed E-state index contributed by atoms with van der Waals surface area (Å²) < 4.78 is 19.3. The highest BCUT2D eigenvalue weighted by Gasteiger charge is 2.53. The summed E-state index contributed by atoms with van der Waals surface area (Å²) in [6, 6.07) is 21.1. The van der Waals surface area contributed by atoms with E-state index in [0.29, 0.717) is 6.42 Å². The topological polar surface area (TPSA) is 44.8 Å². The fraction of sp³-hybridized carbons (Fsp3) is 0.483. The summed E-state index contributed by atoms with van der Waals surface area (Å²) in [5.74, 6) is -0.235. The van der Waals surface area contributed by atoms with Crippen molar-refractivity contribution in [3.8, 4) is 0 Å². The highest BCUT2D eigenvalue weighted by molar-refractivity contribution is 6.99. The smallest absolute Gasteiger partial charge is 0.336 e. The number of hydrogen-bond acceptors (Lipinski definition) is 4. The van der Waals surface area contributed by atoms with E-state index in [2.05, 4.69) is 89.2 Å². The second kappa shape index (κ2) is 10.2. The van der Waals surface area contributed by atoms with Crippen molar-refractivity contribution in [1.82, 2.24) is 0 Å². The maximum atomic E-state index is 13.1. The lowest BCUT2D eigenvalue weighted by Crippen LogP contribution is -2.67. The predicted molar refractivity (Wildman–Crippen MR) is 139 cm³/mol. The molecule has 34 heavy (non-hydrogen) atoms. The molecule has 2 aliphatic rings. The molecule has 1 fully saturated rings. The van der Waals surface area contributed by atoms with Crippen LogP contribution in [-0.2, 0) is 18.7 Å². The molecule has 1 aliphatic heterocycles. The SMILES string of the molecule is CC1=C[C@H](OC(=O)[C@@H]2O[C@H](O[Si](c3ccccc3)(c3ccccc3)C(C)(C)C)C[C@H]2C)CCC1. The number of hydrogen-bond donors (Lipinski definition) is 0. The molecule has 0 spiro atoms. The zero-order valence-electron chi connectivity index (χ0n) is 21.1. The van der Waals surface area contributed by atoms with E-state index in [9.17, 15) is 4.79 Å². The monoisotopic (exact) mass is 478 g/mol. The largest absolute Gasteiger partial charge is 0.456 e. The number of carbonyl (C=O) groups is 1. The molecule has 4 atom stereocenters. The van der Waals surface area contributed by atoms with Crippen LogP contribution in [0.4, 0.5) is 0 Å². The van der Waals surface area contributed by atoms with Gasteiger partial charge < -0.3 is 13.9 Å². The van der Waals surface area contributed by atoms with Crippen LogP contribution >= 0.6 is 0 Å². The molecule has 4 nitrogen and oxygen atoms in total. The molecule has 1 saturated heterocycles. The van der Waals surface area contributed by atoms with E-state index in [0.717, 1.165) is 19.3 Å². The molecule has 0 amide bonds. The third-order valence-corrected chi connectivity index (χ3v) is 12.2. The number of ether oxygens (including phenoxy) is 2. The molecule has 1 heterocycles. The van der Waals surface area contributed by atoms with E-state index in [1.54, 1.807) is 0 Å². The summed E-state index contributed by atoms with van der Waals surface area (Å²) in [5.41, 5.74) is 1.29. The van der Waals surface area contributed by atoms with Gasteiger partial charge in [0.05, 0.1) is 0 Å². The van der Waals surface area contributed by atoms with Crippen LogP contribution in [0.1, 0.15) is 60.3 Å². The van der Waals surface area contributed by atoms with Crippen LogP contribution in [0.25, 0.3) is 0 Å². The third-order valence-electron chi connectivity index (χ3n) is 7.13. The van der Waals surface area contributed by atoms with E-state index >= 15 is 0 Å². The van der Waals surface area contributed by atoms with E-state index in [1.165, 1.54) is 15.9 Å². The van der Waals surface area contributed by atoms with Gasteiger partial charge in [-0.25, -0.2) is 4.79 Å². The maximum Gasteiger partial charge on any atom is 0.336 e. The molecule has 4 rings (SSSR count). The lowest BCUT2D eigenvalue weighted by atomic mass is 9.98. The molecule has 1 aliphatic carbocycles. The van der Waals surface area contributed by atoms with Gasteiger partial charge >= 0.3 is 5.97 Å². The molecule has 0 saturated carbocycles. The van der Waals surface area contributed by atoms with Crippen LogP contribution in [0.15, 0.2) is 72.3 Å². The average molecular weight is 479 g/mol. The van der Waals surface area contributed by atoms with Crippen molar-refractivity contribution in [3.05, 3.63) is 72.3 Å². The molecule has 182 valence electrons. The first-order valence-electron chi connectivity index (χ1n) is 12.5.